The van der Waals surface area contributed by atoms with Crippen molar-refractivity contribution in [2.75, 3.05) is 6.54 Å². The van der Waals surface area contributed by atoms with Gasteiger partial charge in [-0.25, -0.2) is 0 Å². The zero-order valence-corrected chi connectivity index (χ0v) is 27.0. The van der Waals surface area contributed by atoms with E-state index in [1.54, 1.807) is 18.2 Å². The number of nitrogens with one attached hydrogen (secondary N) is 6. The third kappa shape index (κ3) is 13.7. The van der Waals surface area contributed by atoms with Crippen LogP contribution in [0.1, 0.15) is 49.5 Å². The number of aliphatic carboxylic acids is 2. The summed E-state index contributed by atoms with van der Waals surface area (Å²) in [5.41, 5.74) is 0.751. The number of phenolic OH excluding ortho intramolecular Hbond substituents is 1. The van der Waals surface area contributed by atoms with Crippen molar-refractivity contribution < 1.29 is 53.7 Å². The maximum absolute atomic E-state index is 13.1. The predicted octanol–water partition coefficient (Wildman–Crippen LogP) is -1.20. The van der Waals surface area contributed by atoms with Gasteiger partial charge in [0.1, 0.15) is 42.5 Å². The van der Waals surface area contributed by atoms with Crippen molar-refractivity contribution in [3.05, 3.63) is 65.7 Å². The molecule has 0 unspecified atom stereocenters. The van der Waals surface area contributed by atoms with Crippen LogP contribution in [0.3, 0.4) is 0 Å². The number of amides is 6. The lowest BCUT2D eigenvalue weighted by Crippen LogP contribution is -2.58. The second kappa shape index (κ2) is 19.0. The third-order valence-electron chi connectivity index (χ3n) is 6.98. The molecule has 0 aliphatic rings. The van der Waals surface area contributed by atoms with Gasteiger partial charge in [-0.3, -0.25) is 38.4 Å². The lowest BCUT2D eigenvalue weighted by molar-refractivity contribution is -0.139. The number of rotatable bonds is 18. The fourth-order valence-corrected chi connectivity index (χ4v) is 4.22. The Bertz CT molecular complexity index is 1520. The lowest BCUT2D eigenvalue weighted by atomic mass is 10.0. The first kappa shape index (κ1) is 39.2. The Labute approximate surface area is 281 Å². The molecule has 0 aromatic heterocycles. The Balaban J connectivity index is 2.07. The van der Waals surface area contributed by atoms with Crippen LogP contribution in [-0.4, -0.2) is 99.5 Å². The molecule has 0 fully saturated rings. The van der Waals surface area contributed by atoms with Gasteiger partial charge < -0.3 is 47.2 Å². The smallest absolute Gasteiger partial charge is 0.322 e. The molecule has 5 atom stereocenters. The highest BCUT2D eigenvalue weighted by molar-refractivity contribution is 5.99. The van der Waals surface area contributed by atoms with Crippen molar-refractivity contribution in [2.24, 2.45) is 0 Å². The number of carbonyl (C=O) groups is 8. The first-order chi connectivity index (χ1) is 23.1. The molecule has 0 radical (unpaired) electrons. The highest BCUT2D eigenvalue weighted by Gasteiger charge is 2.29. The van der Waals surface area contributed by atoms with Crippen molar-refractivity contribution in [1.82, 2.24) is 31.9 Å². The van der Waals surface area contributed by atoms with Crippen LogP contribution >= 0.6 is 0 Å². The van der Waals surface area contributed by atoms with E-state index in [9.17, 15) is 43.5 Å². The van der Waals surface area contributed by atoms with E-state index in [0.29, 0.717) is 5.56 Å². The summed E-state index contributed by atoms with van der Waals surface area (Å²) >= 11 is 0. The topological polar surface area (TPSA) is 269 Å². The number of carbonyl (C=O) groups excluding carboxylic acids is 6. The molecule has 0 aliphatic carbocycles. The van der Waals surface area contributed by atoms with Gasteiger partial charge in [-0.05, 0) is 57.0 Å². The van der Waals surface area contributed by atoms with Crippen LogP contribution in [0.2, 0.25) is 0 Å². The molecule has 6 amide bonds. The molecule has 17 heteroatoms. The highest BCUT2D eigenvalue weighted by Crippen LogP contribution is 2.12. The molecule has 9 N–H and O–H groups in total. The zero-order valence-electron chi connectivity index (χ0n) is 27.0. The quantitative estimate of drug-likeness (QED) is 0.0900. The van der Waals surface area contributed by atoms with E-state index in [4.69, 9.17) is 10.2 Å². The van der Waals surface area contributed by atoms with Crippen LogP contribution in [0.5, 0.6) is 5.75 Å². The van der Waals surface area contributed by atoms with Gasteiger partial charge in [0.2, 0.25) is 29.5 Å². The van der Waals surface area contributed by atoms with Crippen LogP contribution in [0.15, 0.2) is 54.6 Å². The molecule has 0 spiro atoms. The second-order valence-electron chi connectivity index (χ2n) is 11.1. The van der Waals surface area contributed by atoms with Crippen molar-refractivity contribution in [3.8, 4) is 5.75 Å². The summed E-state index contributed by atoms with van der Waals surface area (Å²) in [5.74, 6) is -7.22. The summed E-state index contributed by atoms with van der Waals surface area (Å²) < 4.78 is 0. The van der Waals surface area contributed by atoms with Crippen molar-refractivity contribution in [1.29, 1.82) is 0 Å². The van der Waals surface area contributed by atoms with Gasteiger partial charge in [-0.1, -0.05) is 30.3 Å². The molecule has 0 saturated carbocycles. The van der Waals surface area contributed by atoms with Gasteiger partial charge in [0.15, 0.2) is 0 Å². The maximum atomic E-state index is 13.1. The van der Waals surface area contributed by atoms with Crippen LogP contribution in [0.25, 0.3) is 0 Å². The van der Waals surface area contributed by atoms with Crippen LogP contribution in [0.4, 0.5) is 0 Å². The van der Waals surface area contributed by atoms with Crippen LogP contribution in [-0.2, 0) is 40.0 Å². The largest absolute Gasteiger partial charge is 0.508 e. The van der Waals surface area contributed by atoms with E-state index in [1.807, 2.05) is 0 Å². The minimum absolute atomic E-state index is 0.0400. The maximum Gasteiger partial charge on any atom is 0.322 e. The summed E-state index contributed by atoms with van der Waals surface area (Å²) in [4.78, 5) is 98.9. The summed E-state index contributed by atoms with van der Waals surface area (Å²) in [6, 6.07) is 7.40. The predicted molar refractivity (Wildman–Crippen MR) is 172 cm³/mol. The van der Waals surface area contributed by atoms with E-state index in [2.05, 4.69) is 31.9 Å². The molecule has 2 aromatic rings. The van der Waals surface area contributed by atoms with Crippen LogP contribution < -0.4 is 31.9 Å². The van der Waals surface area contributed by atoms with E-state index >= 15 is 0 Å². The highest BCUT2D eigenvalue weighted by atomic mass is 16.4. The first-order valence-corrected chi connectivity index (χ1v) is 15.1. The summed E-state index contributed by atoms with van der Waals surface area (Å²) in [7, 11) is 0. The van der Waals surface area contributed by atoms with Crippen molar-refractivity contribution in [3.63, 3.8) is 0 Å². The number of hydrogen-bond acceptors (Lipinski definition) is 9. The lowest BCUT2D eigenvalue weighted by Gasteiger charge is -2.24. The van der Waals surface area contributed by atoms with Gasteiger partial charge in [-0.2, -0.15) is 0 Å². The van der Waals surface area contributed by atoms with Gasteiger partial charge in [0.25, 0.3) is 5.91 Å². The number of benzene rings is 2. The Morgan fingerprint density at radius 1 is 0.592 bits per heavy atom. The molecule has 2 aromatic carbocycles. The fraction of sp³-hybridized carbons (Fsp3) is 0.375. The molecular weight excluding hydrogens is 644 g/mol. The minimum Gasteiger partial charge on any atom is -0.508 e. The van der Waals surface area contributed by atoms with E-state index < -0.39 is 90.6 Å². The van der Waals surface area contributed by atoms with E-state index in [1.165, 1.54) is 57.2 Å². The molecule has 17 nitrogen and oxygen atoms in total. The number of carboxylic acid groups (broad SMARTS) is 2. The summed E-state index contributed by atoms with van der Waals surface area (Å²) in [5, 5.41) is 41.8. The molecule has 0 aliphatic heterocycles. The Hall–Kier alpha value is -6.00. The van der Waals surface area contributed by atoms with Crippen molar-refractivity contribution >= 4 is 47.4 Å². The van der Waals surface area contributed by atoms with Crippen LogP contribution in [0, 0.1) is 0 Å². The van der Waals surface area contributed by atoms with E-state index in [0.717, 1.165) is 0 Å². The van der Waals surface area contributed by atoms with Gasteiger partial charge in [-0.15, -0.1) is 0 Å². The average molecular weight is 685 g/mol. The standard InChI is InChI=1S/C32H40N6O11/c1-17(27(44)33-16-26(42)43)35-32(49)24(15-20-9-11-22(39)12-10-20)38-29(46)19(3)34-28(45)18(2)36-31(48)23(13-14-25(40)41)37-30(47)21-7-5-4-6-8-21/h4-12,17-19,23-24,39H,13-16H2,1-3H3,(H,33,44)(H,34,45)(H,35,49)(H,36,48)(H,37,47)(H,38,46)(H,40,41)(H,42,43)/t17-,18-,19-,23-,24-/m0/s1. The molecule has 0 bridgehead atoms. The summed E-state index contributed by atoms with van der Waals surface area (Å²) in [6.45, 7) is 3.26. The Kier molecular flexibility index (Phi) is 15.2. The van der Waals surface area contributed by atoms with Gasteiger partial charge in [0, 0.05) is 18.4 Å². The SMILES string of the molecule is C[C@H](NC(=O)[C@H](C)NC(=O)[C@H](CCC(=O)O)NC(=O)c1ccccc1)C(=O)N[C@@H](Cc1ccc(O)cc1)C(=O)N[C@@H](C)C(=O)NCC(=O)O. The zero-order chi connectivity index (χ0) is 36.7. The molecule has 264 valence electrons. The van der Waals surface area contributed by atoms with Gasteiger partial charge >= 0.3 is 11.9 Å². The monoisotopic (exact) mass is 684 g/mol. The molecule has 49 heavy (non-hydrogen) atoms. The first-order valence-electron chi connectivity index (χ1n) is 15.1. The molecule has 2 rings (SSSR count). The Morgan fingerprint density at radius 2 is 1.10 bits per heavy atom. The number of hydrogen-bond donors (Lipinski definition) is 9. The normalized spacial score (nSPS) is 13.6. The van der Waals surface area contributed by atoms with Gasteiger partial charge in [0.05, 0.1) is 0 Å². The number of phenols is 1. The number of carboxylic acids is 2. The average Bonchev–Trinajstić information content (AvgIpc) is 3.05. The molecule has 0 heterocycles. The minimum atomic E-state index is -1.30. The molecule has 0 saturated heterocycles. The molecular formula is C32H40N6O11. The number of aromatic hydroxyl groups is 1. The summed E-state index contributed by atoms with van der Waals surface area (Å²) in [6.07, 6.45) is -0.812. The third-order valence-corrected chi connectivity index (χ3v) is 6.98. The Morgan fingerprint density at radius 3 is 1.65 bits per heavy atom. The second-order valence-corrected chi connectivity index (χ2v) is 11.1. The van der Waals surface area contributed by atoms with Crippen molar-refractivity contribution in [2.45, 2.75) is 70.2 Å². The van der Waals surface area contributed by atoms with E-state index in [-0.39, 0.29) is 24.2 Å². The fourth-order valence-electron chi connectivity index (χ4n) is 4.22.